The van der Waals surface area contributed by atoms with Crippen LogP contribution in [0.4, 0.5) is 0 Å². The van der Waals surface area contributed by atoms with Gasteiger partial charge in [-0.15, -0.1) is 0 Å². The minimum atomic E-state index is -0.149. The highest BCUT2D eigenvalue weighted by Crippen LogP contribution is 2.15. The van der Waals surface area contributed by atoms with E-state index in [1.165, 1.54) is 6.08 Å². The van der Waals surface area contributed by atoms with Crippen molar-refractivity contribution in [3.63, 3.8) is 0 Å². The van der Waals surface area contributed by atoms with E-state index in [4.69, 9.17) is 11.6 Å². The summed E-state index contributed by atoms with van der Waals surface area (Å²) in [4.78, 5) is 14.6. The van der Waals surface area contributed by atoms with Crippen molar-refractivity contribution in [3.05, 3.63) is 71.0 Å². The average Bonchev–Trinajstić information content (AvgIpc) is 2.45. The molecule has 2 rings (SSSR count). The number of hydrogen-bond acceptors (Lipinski definition) is 1. The number of carbonyl (C=O) groups is 1. The summed E-state index contributed by atoms with van der Waals surface area (Å²) in [7, 11) is 0. The number of halogens is 1. The highest BCUT2D eigenvalue weighted by Gasteiger charge is 1.99. The van der Waals surface area contributed by atoms with Crippen LogP contribution in [0.15, 0.2) is 54.9 Å². The number of benzene rings is 1. The Morgan fingerprint density at radius 3 is 2.84 bits per heavy atom. The molecule has 2 N–H and O–H groups in total. The van der Waals surface area contributed by atoms with Gasteiger partial charge in [0.25, 0.3) is 0 Å². The van der Waals surface area contributed by atoms with Crippen molar-refractivity contribution in [1.82, 2.24) is 5.32 Å². The maximum atomic E-state index is 11.6. The molecule has 0 saturated carbocycles. The summed E-state index contributed by atoms with van der Waals surface area (Å²) < 4.78 is 0. The molecule has 0 bridgehead atoms. The lowest BCUT2D eigenvalue weighted by molar-refractivity contribution is -0.378. The van der Waals surface area contributed by atoms with Crippen molar-refractivity contribution in [2.45, 2.75) is 6.54 Å². The molecule has 0 aliphatic carbocycles. The van der Waals surface area contributed by atoms with E-state index in [0.29, 0.717) is 11.6 Å². The molecule has 4 heteroatoms. The molecule has 0 aliphatic rings. The van der Waals surface area contributed by atoms with Gasteiger partial charge >= 0.3 is 0 Å². The maximum absolute atomic E-state index is 11.6. The Balaban J connectivity index is 1.90. The molecule has 0 fully saturated rings. The second-order valence-corrected chi connectivity index (χ2v) is 4.39. The van der Waals surface area contributed by atoms with E-state index in [1.54, 1.807) is 12.1 Å². The molecule has 0 spiro atoms. The van der Waals surface area contributed by atoms with E-state index >= 15 is 0 Å². The average molecular weight is 274 g/mol. The number of amides is 1. The Bertz CT molecular complexity index is 582. The lowest BCUT2D eigenvalue weighted by Gasteiger charge is -2.00. The fraction of sp³-hybridized carbons (Fsp3) is 0.0667. The van der Waals surface area contributed by atoms with E-state index in [0.717, 1.165) is 11.1 Å². The fourth-order valence-electron chi connectivity index (χ4n) is 1.56. The zero-order valence-corrected chi connectivity index (χ0v) is 11.0. The minimum absolute atomic E-state index is 0.149. The van der Waals surface area contributed by atoms with Crippen LogP contribution in [0.25, 0.3) is 6.08 Å². The number of aromatic amines is 1. The quantitative estimate of drug-likeness (QED) is 0.855. The summed E-state index contributed by atoms with van der Waals surface area (Å²) in [5.41, 5.74) is 1.84. The molecule has 0 unspecified atom stereocenters. The summed E-state index contributed by atoms with van der Waals surface area (Å²) in [6.07, 6.45) is 6.85. The van der Waals surface area contributed by atoms with Crippen LogP contribution in [0.5, 0.6) is 0 Å². The Morgan fingerprint density at radius 2 is 2.11 bits per heavy atom. The Kier molecular flexibility index (Phi) is 4.70. The maximum Gasteiger partial charge on any atom is 0.244 e. The van der Waals surface area contributed by atoms with Gasteiger partial charge in [0, 0.05) is 29.3 Å². The second-order valence-electron chi connectivity index (χ2n) is 3.98. The molecule has 19 heavy (non-hydrogen) atoms. The van der Waals surface area contributed by atoms with Gasteiger partial charge < -0.3 is 5.32 Å². The first-order valence-electron chi connectivity index (χ1n) is 5.91. The molecular formula is C15H14ClN2O+. The van der Waals surface area contributed by atoms with Crippen LogP contribution in [-0.2, 0) is 11.3 Å². The standard InChI is InChI=1S/C15H13ClN2O/c16-14-6-2-1-5-13(14)7-8-15(19)18-11-12-4-3-9-17-10-12/h1-10H,11H2,(H,18,19)/p+1. The summed E-state index contributed by atoms with van der Waals surface area (Å²) in [5.74, 6) is -0.149. The molecule has 0 aliphatic heterocycles. The predicted octanol–water partition coefficient (Wildman–Crippen LogP) is 2.48. The number of aromatic nitrogens is 1. The normalized spacial score (nSPS) is 10.6. The number of rotatable bonds is 4. The Morgan fingerprint density at radius 1 is 1.26 bits per heavy atom. The van der Waals surface area contributed by atoms with E-state index in [9.17, 15) is 4.79 Å². The molecule has 1 aromatic heterocycles. The van der Waals surface area contributed by atoms with E-state index in [2.05, 4.69) is 10.3 Å². The van der Waals surface area contributed by atoms with Crippen LogP contribution in [0.2, 0.25) is 5.02 Å². The Hall–Kier alpha value is -2.13. The zero-order valence-electron chi connectivity index (χ0n) is 10.3. The van der Waals surface area contributed by atoms with Crippen molar-refractivity contribution < 1.29 is 9.78 Å². The second kappa shape index (κ2) is 6.71. The molecule has 3 nitrogen and oxygen atoms in total. The van der Waals surface area contributed by atoms with Crippen LogP contribution in [0.1, 0.15) is 11.1 Å². The first-order chi connectivity index (χ1) is 9.25. The Labute approximate surface area is 116 Å². The van der Waals surface area contributed by atoms with Gasteiger partial charge in [-0.25, -0.2) is 4.98 Å². The molecule has 0 atom stereocenters. The molecule has 2 aromatic rings. The molecule has 0 radical (unpaired) electrons. The van der Waals surface area contributed by atoms with Gasteiger partial charge in [-0.1, -0.05) is 29.8 Å². The highest BCUT2D eigenvalue weighted by molar-refractivity contribution is 6.32. The third-order valence-corrected chi connectivity index (χ3v) is 2.90. The zero-order chi connectivity index (χ0) is 13.5. The fourth-order valence-corrected chi connectivity index (χ4v) is 1.76. The van der Waals surface area contributed by atoms with Crippen molar-refractivity contribution >= 4 is 23.6 Å². The molecule has 1 heterocycles. The third-order valence-electron chi connectivity index (χ3n) is 2.56. The predicted molar refractivity (Wildman–Crippen MR) is 75.3 cm³/mol. The summed E-state index contributed by atoms with van der Waals surface area (Å²) in [5, 5.41) is 3.43. The van der Waals surface area contributed by atoms with E-state index in [1.807, 2.05) is 42.7 Å². The largest absolute Gasteiger partial charge is 0.348 e. The number of pyridine rings is 1. The van der Waals surface area contributed by atoms with Gasteiger partial charge in [-0.3, -0.25) is 4.79 Å². The van der Waals surface area contributed by atoms with Gasteiger partial charge in [0.15, 0.2) is 12.4 Å². The summed E-state index contributed by atoms with van der Waals surface area (Å²) in [6, 6.07) is 11.2. The monoisotopic (exact) mass is 273 g/mol. The van der Waals surface area contributed by atoms with Gasteiger partial charge in [-0.05, 0) is 23.8 Å². The van der Waals surface area contributed by atoms with Gasteiger partial charge in [0.1, 0.15) is 0 Å². The molecular weight excluding hydrogens is 260 g/mol. The van der Waals surface area contributed by atoms with E-state index < -0.39 is 0 Å². The first kappa shape index (κ1) is 13.3. The van der Waals surface area contributed by atoms with Gasteiger partial charge in [-0.2, -0.15) is 0 Å². The highest BCUT2D eigenvalue weighted by atomic mass is 35.5. The van der Waals surface area contributed by atoms with Crippen LogP contribution in [0.3, 0.4) is 0 Å². The van der Waals surface area contributed by atoms with Crippen LogP contribution >= 0.6 is 11.6 Å². The smallest absolute Gasteiger partial charge is 0.244 e. The SMILES string of the molecule is O=C(C=Cc1ccccc1Cl)NCc1ccc[nH+]c1. The molecule has 0 saturated heterocycles. The van der Waals surface area contributed by atoms with Crippen molar-refractivity contribution in [2.75, 3.05) is 0 Å². The van der Waals surface area contributed by atoms with Crippen molar-refractivity contribution in [2.24, 2.45) is 0 Å². The molecule has 1 aromatic carbocycles. The van der Waals surface area contributed by atoms with E-state index in [-0.39, 0.29) is 5.91 Å². The first-order valence-corrected chi connectivity index (χ1v) is 6.29. The summed E-state index contributed by atoms with van der Waals surface area (Å²) in [6.45, 7) is 0.489. The topological polar surface area (TPSA) is 43.2 Å². The van der Waals surface area contributed by atoms with Crippen molar-refractivity contribution in [1.29, 1.82) is 0 Å². The number of nitrogens with one attached hydrogen (secondary N) is 2. The number of H-pyrrole nitrogens is 1. The van der Waals surface area contributed by atoms with Crippen LogP contribution in [-0.4, -0.2) is 5.91 Å². The molecule has 96 valence electrons. The van der Waals surface area contributed by atoms with Gasteiger partial charge in [0.05, 0.1) is 0 Å². The van der Waals surface area contributed by atoms with Gasteiger partial charge in [0.2, 0.25) is 5.91 Å². The summed E-state index contributed by atoms with van der Waals surface area (Å²) >= 11 is 5.99. The molecule has 1 amide bonds. The van der Waals surface area contributed by atoms with Crippen LogP contribution in [0, 0.1) is 0 Å². The third kappa shape index (κ3) is 4.23. The van der Waals surface area contributed by atoms with Crippen molar-refractivity contribution in [3.8, 4) is 0 Å². The lowest BCUT2D eigenvalue weighted by atomic mass is 10.2. The lowest BCUT2D eigenvalue weighted by Crippen LogP contribution is -2.21. The number of hydrogen-bond donors (Lipinski definition) is 1. The minimum Gasteiger partial charge on any atom is -0.348 e. The van der Waals surface area contributed by atoms with Crippen LogP contribution < -0.4 is 10.3 Å². The number of carbonyl (C=O) groups excluding carboxylic acids is 1.